The van der Waals surface area contributed by atoms with Crippen LogP contribution in [0.5, 0.6) is 11.5 Å². The number of amides is 2. The molecular formula is C41H45Cl2N3O8. The molecule has 0 aliphatic rings. The predicted octanol–water partition coefficient (Wildman–Crippen LogP) is 6.57. The van der Waals surface area contributed by atoms with Crippen molar-refractivity contribution in [3.05, 3.63) is 125 Å². The van der Waals surface area contributed by atoms with Crippen LogP contribution in [-0.2, 0) is 41.8 Å². The van der Waals surface area contributed by atoms with Crippen molar-refractivity contribution >= 4 is 52.6 Å². The monoisotopic (exact) mass is 777 g/mol. The van der Waals surface area contributed by atoms with Gasteiger partial charge in [0.2, 0.25) is 5.91 Å². The van der Waals surface area contributed by atoms with E-state index in [4.69, 9.17) is 42.1 Å². The van der Waals surface area contributed by atoms with Gasteiger partial charge >= 0.3 is 11.9 Å². The van der Waals surface area contributed by atoms with Gasteiger partial charge in [-0.3, -0.25) is 14.4 Å². The number of benzene rings is 4. The average molecular weight is 779 g/mol. The Kier molecular flexibility index (Phi) is 17.1. The third-order valence-corrected chi connectivity index (χ3v) is 8.57. The number of methoxy groups -OCH3 is 1. The lowest BCUT2D eigenvalue weighted by atomic mass is 10.1. The fraction of sp³-hybridized carbons (Fsp3) is 0.317. The lowest BCUT2D eigenvalue weighted by Crippen LogP contribution is -2.53. The van der Waals surface area contributed by atoms with Crippen LogP contribution in [0.4, 0.5) is 5.69 Å². The Labute approximate surface area is 325 Å². The van der Waals surface area contributed by atoms with E-state index < -0.39 is 35.8 Å². The molecule has 0 aliphatic heterocycles. The summed E-state index contributed by atoms with van der Waals surface area (Å²) in [6.45, 7) is 3.16. The maximum atomic E-state index is 13.5. The SMILES string of the molecule is COC[C@H](NC(=O)c1ccc(Oc2ccc(N(CCCl)CCCl)c(C)c2)cc1)C(=O)N[C@@H](CCC(=O)OCc1ccccc1)C(=O)OCc1ccccc1. The van der Waals surface area contributed by atoms with Crippen LogP contribution in [0.2, 0.25) is 0 Å². The first kappa shape index (κ1) is 41.7. The highest BCUT2D eigenvalue weighted by molar-refractivity contribution is 6.18. The Morgan fingerprint density at radius 2 is 1.31 bits per heavy atom. The highest BCUT2D eigenvalue weighted by atomic mass is 35.5. The van der Waals surface area contributed by atoms with Gasteiger partial charge in [0.1, 0.15) is 36.8 Å². The quantitative estimate of drug-likeness (QED) is 0.0713. The summed E-state index contributed by atoms with van der Waals surface area (Å²) in [6, 6.07) is 28.0. The minimum Gasteiger partial charge on any atom is -0.461 e. The second-order valence-corrected chi connectivity index (χ2v) is 13.0. The van der Waals surface area contributed by atoms with E-state index in [1.807, 2.05) is 73.7 Å². The van der Waals surface area contributed by atoms with E-state index in [2.05, 4.69) is 15.5 Å². The molecule has 0 aromatic heterocycles. The van der Waals surface area contributed by atoms with E-state index >= 15 is 0 Å². The number of carbonyl (C=O) groups is 4. The molecule has 0 bridgehead atoms. The van der Waals surface area contributed by atoms with Gasteiger partial charge in [0.05, 0.1) is 6.61 Å². The summed E-state index contributed by atoms with van der Waals surface area (Å²) in [5.74, 6) is -0.469. The number of esters is 2. The molecule has 286 valence electrons. The second-order valence-electron chi connectivity index (χ2n) is 12.3. The Morgan fingerprint density at radius 3 is 1.89 bits per heavy atom. The van der Waals surface area contributed by atoms with Gasteiger partial charge in [-0.1, -0.05) is 60.7 Å². The Bertz CT molecular complexity index is 1790. The third kappa shape index (κ3) is 13.4. The van der Waals surface area contributed by atoms with Crippen LogP contribution >= 0.6 is 23.2 Å². The van der Waals surface area contributed by atoms with Gasteiger partial charge in [-0.15, -0.1) is 23.2 Å². The zero-order chi connectivity index (χ0) is 38.7. The van der Waals surface area contributed by atoms with Crippen LogP contribution in [-0.4, -0.2) is 74.4 Å². The van der Waals surface area contributed by atoms with E-state index in [9.17, 15) is 19.2 Å². The summed E-state index contributed by atoms with van der Waals surface area (Å²) in [6.07, 6.45) is -0.262. The van der Waals surface area contributed by atoms with Crippen molar-refractivity contribution in [2.45, 2.75) is 45.1 Å². The molecule has 2 atom stereocenters. The maximum Gasteiger partial charge on any atom is 0.328 e. The van der Waals surface area contributed by atoms with Gasteiger partial charge < -0.3 is 34.5 Å². The minimum absolute atomic E-state index is 0.0327. The normalized spacial score (nSPS) is 11.9. The summed E-state index contributed by atoms with van der Waals surface area (Å²) < 4.78 is 22.1. The third-order valence-electron chi connectivity index (χ3n) is 8.23. The molecule has 0 radical (unpaired) electrons. The largest absolute Gasteiger partial charge is 0.461 e. The van der Waals surface area contributed by atoms with E-state index in [0.29, 0.717) is 36.3 Å². The molecule has 4 aromatic rings. The van der Waals surface area contributed by atoms with Gasteiger partial charge in [0.25, 0.3) is 5.91 Å². The van der Waals surface area contributed by atoms with Crippen molar-refractivity contribution in [2.75, 3.05) is 43.5 Å². The highest BCUT2D eigenvalue weighted by Gasteiger charge is 2.29. The number of aryl methyl sites for hydroxylation is 1. The molecule has 4 rings (SSSR count). The zero-order valence-corrected chi connectivity index (χ0v) is 31.8. The fourth-order valence-electron chi connectivity index (χ4n) is 5.43. The van der Waals surface area contributed by atoms with Gasteiger partial charge in [0.15, 0.2) is 0 Å². The fourth-order valence-corrected chi connectivity index (χ4v) is 5.84. The summed E-state index contributed by atoms with van der Waals surface area (Å²) >= 11 is 12.0. The number of anilines is 1. The van der Waals surface area contributed by atoms with Crippen LogP contribution in [0.15, 0.2) is 103 Å². The molecule has 0 saturated carbocycles. The number of alkyl halides is 2. The first-order valence-electron chi connectivity index (χ1n) is 17.5. The molecule has 11 nitrogen and oxygen atoms in total. The average Bonchev–Trinajstić information content (AvgIpc) is 3.18. The van der Waals surface area contributed by atoms with Crippen LogP contribution < -0.4 is 20.3 Å². The van der Waals surface area contributed by atoms with E-state index in [1.54, 1.807) is 36.4 Å². The molecule has 0 fully saturated rings. The molecule has 0 saturated heterocycles. The highest BCUT2D eigenvalue weighted by Crippen LogP contribution is 2.28. The Morgan fingerprint density at radius 1 is 0.722 bits per heavy atom. The Balaban J connectivity index is 1.38. The molecule has 2 amide bonds. The van der Waals surface area contributed by atoms with Gasteiger partial charge in [-0.25, -0.2) is 4.79 Å². The van der Waals surface area contributed by atoms with Crippen molar-refractivity contribution in [2.24, 2.45) is 0 Å². The van der Waals surface area contributed by atoms with Crippen LogP contribution in [0.3, 0.4) is 0 Å². The first-order chi connectivity index (χ1) is 26.2. The van der Waals surface area contributed by atoms with Gasteiger partial charge in [-0.2, -0.15) is 0 Å². The van der Waals surface area contributed by atoms with Gasteiger partial charge in [-0.05, 0) is 72.5 Å². The molecule has 2 N–H and O–H groups in total. The molecule has 0 unspecified atom stereocenters. The number of hydrogen-bond donors (Lipinski definition) is 2. The summed E-state index contributed by atoms with van der Waals surface area (Å²) in [5, 5.41) is 5.31. The number of hydrogen-bond acceptors (Lipinski definition) is 9. The summed E-state index contributed by atoms with van der Waals surface area (Å²) in [7, 11) is 1.38. The molecule has 0 spiro atoms. The lowest BCUT2D eigenvalue weighted by Gasteiger charge is -2.25. The van der Waals surface area contributed by atoms with E-state index in [-0.39, 0.29) is 38.2 Å². The molecule has 54 heavy (non-hydrogen) atoms. The topological polar surface area (TPSA) is 132 Å². The predicted molar refractivity (Wildman–Crippen MR) is 208 cm³/mol. The summed E-state index contributed by atoms with van der Waals surface area (Å²) in [5.41, 5.74) is 3.84. The number of nitrogens with one attached hydrogen (secondary N) is 2. The van der Waals surface area contributed by atoms with Crippen molar-refractivity contribution in [1.29, 1.82) is 0 Å². The first-order valence-corrected chi connectivity index (χ1v) is 18.5. The smallest absolute Gasteiger partial charge is 0.328 e. The van der Waals surface area contributed by atoms with Crippen molar-refractivity contribution < 1.29 is 38.1 Å². The lowest BCUT2D eigenvalue weighted by molar-refractivity contribution is -0.151. The summed E-state index contributed by atoms with van der Waals surface area (Å²) in [4.78, 5) is 54.7. The molecular weight excluding hydrogens is 733 g/mol. The van der Waals surface area contributed by atoms with E-state index in [1.165, 1.54) is 7.11 Å². The van der Waals surface area contributed by atoms with Crippen LogP contribution in [0.1, 0.15) is 39.9 Å². The maximum absolute atomic E-state index is 13.5. The Hall–Kier alpha value is -5.10. The number of ether oxygens (including phenoxy) is 4. The molecule has 4 aromatic carbocycles. The van der Waals surface area contributed by atoms with Crippen molar-refractivity contribution in [3.8, 4) is 11.5 Å². The number of carbonyl (C=O) groups excluding carboxylic acids is 4. The minimum atomic E-state index is -1.21. The van der Waals surface area contributed by atoms with Gasteiger partial charge in [0, 0.05) is 49.6 Å². The standard InChI is InChI=1S/C41H45Cl2N3O8/c1-29-25-34(17-19-37(29)46(23-21-42)24-22-43)54-33-15-13-32(14-16-33)39(48)45-36(28-51-2)40(49)44-35(41(50)53-27-31-11-7-4-8-12-31)18-20-38(47)52-26-30-9-5-3-6-10-30/h3-17,19,25,35-36H,18,20-24,26-28H2,1-2H3,(H,44,49)(H,45,48)/t35-,36-/m0/s1. The van der Waals surface area contributed by atoms with Crippen molar-refractivity contribution in [3.63, 3.8) is 0 Å². The van der Waals surface area contributed by atoms with Crippen molar-refractivity contribution in [1.82, 2.24) is 10.6 Å². The number of nitrogens with zero attached hydrogens (tertiary/aromatic N) is 1. The van der Waals surface area contributed by atoms with Crippen LogP contribution in [0.25, 0.3) is 0 Å². The number of halogens is 2. The molecule has 13 heteroatoms. The zero-order valence-electron chi connectivity index (χ0n) is 30.3. The number of rotatable bonds is 21. The molecule has 0 heterocycles. The molecule has 0 aliphatic carbocycles. The second kappa shape index (κ2) is 22.2. The van der Waals surface area contributed by atoms with E-state index in [0.717, 1.165) is 22.4 Å². The van der Waals surface area contributed by atoms with Crippen LogP contribution in [0, 0.1) is 6.92 Å².